The molecule has 0 unspecified atom stereocenters. The highest BCUT2D eigenvalue weighted by Gasteiger charge is 2.25. The Labute approximate surface area is 645 Å². The van der Waals surface area contributed by atoms with Crippen LogP contribution >= 0.6 is 0 Å². The predicted octanol–water partition coefficient (Wildman–Crippen LogP) is 25.1. The van der Waals surface area contributed by atoms with Gasteiger partial charge in [0.1, 0.15) is 0 Å². The summed E-state index contributed by atoms with van der Waals surface area (Å²) in [5, 5.41) is 23.8. The molecule has 4 aromatic heterocycles. The van der Waals surface area contributed by atoms with Crippen LogP contribution in [-0.4, -0.2) is 39.0 Å². The summed E-state index contributed by atoms with van der Waals surface area (Å²) >= 11 is 0. The van der Waals surface area contributed by atoms with E-state index in [0.717, 1.165) is 155 Å². The first-order valence-corrected chi connectivity index (χ1v) is 36.5. The van der Waals surface area contributed by atoms with Crippen LogP contribution in [0.25, 0.3) is 200 Å². The van der Waals surface area contributed by atoms with Crippen LogP contribution in [-0.2, 0) is 0 Å². The Balaban J connectivity index is 0.863. The molecule has 0 aliphatic heterocycles. The van der Waals surface area contributed by atoms with Crippen molar-refractivity contribution in [2.24, 2.45) is 0 Å². The second-order valence-corrected chi connectivity index (χ2v) is 27.4. The van der Waals surface area contributed by atoms with E-state index in [2.05, 4.69) is 164 Å². The fourth-order valence-electron chi connectivity index (χ4n) is 15.1. The smallest absolute Gasteiger partial charge is 0.187 e. The van der Waals surface area contributed by atoms with Crippen molar-refractivity contribution in [3.05, 3.63) is 386 Å². The lowest BCUT2D eigenvalue weighted by Gasteiger charge is -2.19. The first-order valence-electron chi connectivity index (χ1n) is 36.5. The first kappa shape index (κ1) is 66.6. The van der Waals surface area contributed by atoms with Crippen molar-refractivity contribution in [3.63, 3.8) is 0 Å². The molecule has 12 heteroatoms. The summed E-state index contributed by atoms with van der Waals surface area (Å²) in [6.45, 7) is 15.5. The number of hydrogen-bond donors (Lipinski definition) is 0. The SMILES string of the molecule is [C-]#[N+]c1ccc(-c2ccc3c(c2)c2cc(-c4ccc([N+]#[C-])cc4)ccc2n3-c2cc(-c3nc(-c4ccccc4)nc(-c4ccccc4)n3)ccc2-c2cccc(-c3ccc(-c4nc(-c5ccccc5)nc(-c5ccccc5)n4)cc3-n3c4ccc(-c5ccc(C#N)cc5)cc4c4cc(-c5ccc(C#N)cc5)ccc43)c2)cc1. The highest BCUT2D eigenvalue weighted by atomic mass is 15.1. The molecule has 0 N–H and O–H groups in total. The minimum atomic E-state index is 0.498. The Morgan fingerprint density at radius 3 is 0.750 bits per heavy atom. The Bertz CT molecular complexity index is 6340. The van der Waals surface area contributed by atoms with Crippen LogP contribution in [0.5, 0.6) is 0 Å². The highest BCUT2D eigenvalue weighted by Crippen LogP contribution is 2.46. The van der Waals surface area contributed by atoms with Gasteiger partial charge in [0, 0.05) is 66.1 Å². The van der Waals surface area contributed by atoms with Crippen LogP contribution in [0, 0.1) is 35.8 Å². The Kier molecular flexibility index (Phi) is 16.8. The van der Waals surface area contributed by atoms with Crippen LogP contribution in [0.3, 0.4) is 0 Å². The van der Waals surface area contributed by atoms with Crippen molar-refractivity contribution >= 4 is 55.0 Å². The normalized spacial score (nSPS) is 11.2. The molecule has 0 amide bonds. The number of fused-ring (bicyclic) bond motifs is 6. The highest BCUT2D eigenvalue weighted by molar-refractivity contribution is 6.14. The van der Waals surface area contributed by atoms with E-state index in [4.69, 9.17) is 43.0 Å². The minimum absolute atomic E-state index is 0.498. The molecule has 0 atom stereocenters. The van der Waals surface area contributed by atoms with Gasteiger partial charge in [0.15, 0.2) is 46.3 Å². The van der Waals surface area contributed by atoms with Crippen LogP contribution < -0.4 is 0 Å². The van der Waals surface area contributed by atoms with E-state index in [0.29, 0.717) is 57.4 Å². The van der Waals surface area contributed by atoms with Gasteiger partial charge in [0.25, 0.3) is 0 Å². The number of aromatic nitrogens is 8. The van der Waals surface area contributed by atoms with Crippen LogP contribution in [0.2, 0.25) is 0 Å². The van der Waals surface area contributed by atoms with Crippen molar-refractivity contribution in [3.8, 4) is 159 Å². The average Bonchev–Trinajstić information content (AvgIpc) is 1.54. The van der Waals surface area contributed by atoms with Crippen molar-refractivity contribution in [2.45, 2.75) is 0 Å². The molecular formula is C100H58N12. The van der Waals surface area contributed by atoms with Gasteiger partial charge >= 0.3 is 0 Å². The van der Waals surface area contributed by atoms with Crippen molar-refractivity contribution < 1.29 is 0 Å². The zero-order valence-electron chi connectivity index (χ0n) is 59.9. The van der Waals surface area contributed by atoms with Gasteiger partial charge in [-0.25, -0.2) is 39.6 Å². The van der Waals surface area contributed by atoms with E-state index in [1.165, 1.54) is 0 Å². The summed E-state index contributed by atoms with van der Waals surface area (Å²) in [5.74, 6) is 3.16. The topological polar surface area (TPSA) is 144 Å². The van der Waals surface area contributed by atoms with Gasteiger partial charge in [-0.3, -0.25) is 0 Å². The quantitative estimate of drug-likeness (QED) is 0.0979. The zero-order valence-corrected chi connectivity index (χ0v) is 59.9. The molecule has 0 saturated heterocycles. The molecule has 518 valence electrons. The van der Waals surface area contributed by atoms with Gasteiger partial charge in [-0.05, 0) is 147 Å². The van der Waals surface area contributed by atoms with Crippen molar-refractivity contribution in [1.29, 1.82) is 10.5 Å². The summed E-state index contributed by atoms with van der Waals surface area (Å²) in [6, 6.07) is 124. The lowest BCUT2D eigenvalue weighted by Crippen LogP contribution is -2.03. The van der Waals surface area contributed by atoms with E-state index in [1.54, 1.807) is 0 Å². The summed E-state index contributed by atoms with van der Waals surface area (Å²) in [6.07, 6.45) is 0. The van der Waals surface area contributed by atoms with Gasteiger partial charge in [-0.1, -0.05) is 261 Å². The summed E-state index contributed by atoms with van der Waals surface area (Å²) in [7, 11) is 0. The van der Waals surface area contributed by atoms with E-state index < -0.39 is 0 Å². The fraction of sp³-hybridized carbons (Fsp3) is 0. The second-order valence-electron chi connectivity index (χ2n) is 27.4. The third kappa shape index (κ3) is 12.4. The molecule has 12 nitrogen and oxygen atoms in total. The lowest BCUT2D eigenvalue weighted by atomic mass is 9.95. The molecule has 0 bridgehead atoms. The molecule has 0 radical (unpaired) electrons. The first-order chi connectivity index (χ1) is 55.3. The second kappa shape index (κ2) is 28.3. The van der Waals surface area contributed by atoms with E-state index in [1.807, 2.05) is 218 Å². The lowest BCUT2D eigenvalue weighted by molar-refractivity contribution is 1.07. The van der Waals surface area contributed by atoms with Gasteiger partial charge in [0.05, 0.1) is 69.9 Å². The van der Waals surface area contributed by atoms with Crippen molar-refractivity contribution in [1.82, 2.24) is 39.0 Å². The van der Waals surface area contributed by atoms with Gasteiger partial charge in [0.2, 0.25) is 0 Å². The van der Waals surface area contributed by atoms with E-state index in [9.17, 15) is 10.5 Å². The third-order valence-corrected chi connectivity index (χ3v) is 20.8. The zero-order chi connectivity index (χ0) is 75.2. The number of nitrogens with zero attached hydrogens (tertiary/aromatic N) is 12. The van der Waals surface area contributed by atoms with Gasteiger partial charge < -0.3 is 9.13 Å². The molecule has 0 saturated carbocycles. The Morgan fingerprint density at radius 1 is 0.223 bits per heavy atom. The summed E-state index contributed by atoms with van der Waals surface area (Å²) in [5.41, 5.74) is 24.4. The molecule has 4 heterocycles. The number of nitriles is 2. The Hall–Kier alpha value is -16.1. The van der Waals surface area contributed by atoms with E-state index >= 15 is 0 Å². The van der Waals surface area contributed by atoms with Gasteiger partial charge in [-0.15, -0.1) is 0 Å². The molecule has 19 aromatic rings. The van der Waals surface area contributed by atoms with Crippen LogP contribution in [0.1, 0.15) is 11.1 Å². The average molecular weight is 1430 g/mol. The number of rotatable bonds is 14. The van der Waals surface area contributed by atoms with Crippen LogP contribution in [0.4, 0.5) is 11.4 Å². The standard InChI is InChI=1S/C100H58N12/c1-103-81-44-34-67(35-45-81)75-42-52-91-87(57-75)88-58-76(68-36-46-82(104-2)47-37-68)43-53-92(88)112(91)94-60-80(100-109-97(71-20-11-5-12-21-71)106-98(110-100)72-22-13-6-14-23-72)39-49-84(94)78-25-15-24-77(54-78)83-48-38-79(99-107-95(69-16-7-3-8-17-69)105-96(108-99)70-18-9-4-10-19-70)59-93(83)111-89-50-40-73(65-30-26-63(61-101)27-31-65)55-85(89)86-56-74(41-51-90(86)111)66-32-28-64(62-102)29-33-66/h3-60H. The fourth-order valence-corrected chi connectivity index (χ4v) is 15.1. The molecule has 0 fully saturated rings. The van der Waals surface area contributed by atoms with Crippen molar-refractivity contribution in [2.75, 3.05) is 0 Å². The molecule has 0 aliphatic rings. The largest absolute Gasteiger partial charge is 0.309 e. The minimum Gasteiger partial charge on any atom is -0.309 e. The molecule has 0 spiro atoms. The maximum atomic E-state index is 9.87. The molecule has 0 aliphatic carbocycles. The summed E-state index contributed by atoms with van der Waals surface area (Å²) < 4.78 is 4.73. The molecule has 112 heavy (non-hydrogen) atoms. The maximum absolute atomic E-state index is 9.87. The van der Waals surface area contributed by atoms with Gasteiger partial charge in [-0.2, -0.15) is 10.5 Å². The number of benzene rings is 15. The maximum Gasteiger partial charge on any atom is 0.187 e. The third-order valence-electron chi connectivity index (χ3n) is 20.8. The number of hydrogen-bond acceptors (Lipinski definition) is 8. The van der Waals surface area contributed by atoms with Crippen LogP contribution in [0.15, 0.2) is 352 Å². The summed E-state index contributed by atoms with van der Waals surface area (Å²) in [4.78, 5) is 38.9. The predicted molar refractivity (Wildman–Crippen MR) is 449 cm³/mol. The van der Waals surface area contributed by atoms with E-state index in [-0.39, 0.29) is 0 Å². The molecular weight excluding hydrogens is 1370 g/mol. The molecule has 19 rings (SSSR count). The Morgan fingerprint density at radius 2 is 0.473 bits per heavy atom. The monoisotopic (exact) mass is 1430 g/mol. The molecule has 15 aromatic carbocycles.